The van der Waals surface area contributed by atoms with Crippen molar-refractivity contribution in [3.8, 4) is 11.6 Å². The molecule has 0 aliphatic carbocycles. The van der Waals surface area contributed by atoms with E-state index in [1.165, 1.54) is 7.11 Å². The van der Waals surface area contributed by atoms with E-state index < -0.39 is 0 Å². The molecule has 0 fully saturated rings. The van der Waals surface area contributed by atoms with Gasteiger partial charge in [0.05, 0.1) is 19.6 Å². The molecule has 2 heterocycles. The number of fused-ring (bicyclic) bond motifs is 1. The van der Waals surface area contributed by atoms with Crippen LogP contribution < -0.4 is 14.8 Å². The lowest BCUT2D eigenvalue weighted by atomic mass is 10.1. The fraction of sp³-hybridized carbons (Fsp3) is 0.250. The highest BCUT2D eigenvalue weighted by Crippen LogP contribution is 2.38. The lowest BCUT2D eigenvalue weighted by molar-refractivity contribution is -0.121. The first-order valence-corrected chi connectivity index (χ1v) is 7.73. The maximum atomic E-state index is 12.3. The standard InChI is InChI=1S/C16H14Cl2N2O3/c1-22-16-15-11(4-5-19-16)13(8-23-15)20-14(21)6-9-2-3-10(17)7-12(9)18/h2-5,7,13H,6,8H2,1H3,(H,20,21). The Morgan fingerprint density at radius 1 is 1.43 bits per heavy atom. The van der Waals surface area contributed by atoms with E-state index in [2.05, 4.69) is 10.3 Å². The number of carbonyl (C=O) groups is 1. The van der Waals surface area contributed by atoms with Gasteiger partial charge >= 0.3 is 0 Å². The van der Waals surface area contributed by atoms with Crippen LogP contribution in [0.2, 0.25) is 10.0 Å². The molecule has 0 radical (unpaired) electrons. The van der Waals surface area contributed by atoms with Crippen LogP contribution in [0.5, 0.6) is 11.6 Å². The number of nitrogens with zero attached hydrogens (tertiary/aromatic N) is 1. The Kier molecular flexibility index (Phi) is 4.59. The Morgan fingerprint density at radius 2 is 2.26 bits per heavy atom. The molecule has 23 heavy (non-hydrogen) atoms. The van der Waals surface area contributed by atoms with E-state index in [-0.39, 0.29) is 18.4 Å². The molecule has 0 spiro atoms. The van der Waals surface area contributed by atoms with Crippen molar-refractivity contribution in [1.29, 1.82) is 0 Å². The number of halogens is 2. The summed E-state index contributed by atoms with van der Waals surface area (Å²) in [6.45, 7) is 0.345. The molecule has 1 aliphatic heterocycles. The monoisotopic (exact) mass is 352 g/mol. The second-order valence-electron chi connectivity index (χ2n) is 5.08. The third-order valence-corrected chi connectivity index (χ3v) is 4.15. The van der Waals surface area contributed by atoms with E-state index in [4.69, 9.17) is 32.7 Å². The van der Waals surface area contributed by atoms with Crippen molar-refractivity contribution < 1.29 is 14.3 Å². The Bertz CT molecular complexity index is 752. The normalized spacial score (nSPS) is 15.7. The van der Waals surface area contributed by atoms with Gasteiger partial charge in [0, 0.05) is 21.8 Å². The first kappa shape index (κ1) is 15.9. The summed E-state index contributed by atoms with van der Waals surface area (Å²) in [6, 6.07) is 6.65. The number of hydrogen-bond donors (Lipinski definition) is 1. The first-order valence-electron chi connectivity index (χ1n) is 6.97. The molecule has 7 heteroatoms. The summed E-state index contributed by atoms with van der Waals surface area (Å²) in [4.78, 5) is 16.3. The number of ether oxygens (including phenoxy) is 2. The number of rotatable bonds is 4. The summed E-state index contributed by atoms with van der Waals surface area (Å²) >= 11 is 12.0. The van der Waals surface area contributed by atoms with Gasteiger partial charge in [-0.05, 0) is 23.8 Å². The molecule has 1 unspecified atom stereocenters. The molecule has 1 amide bonds. The van der Waals surface area contributed by atoms with Crippen LogP contribution in [0.15, 0.2) is 30.5 Å². The van der Waals surface area contributed by atoms with Gasteiger partial charge in [0.2, 0.25) is 5.91 Å². The summed E-state index contributed by atoms with van der Waals surface area (Å²) in [5.74, 6) is 0.844. The van der Waals surface area contributed by atoms with Gasteiger partial charge in [-0.3, -0.25) is 4.79 Å². The molecule has 1 atom stereocenters. The van der Waals surface area contributed by atoms with Crippen molar-refractivity contribution >= 4 is 29.1 Å². The minimum Gasteiger partial charge on any atom is -0.485 e. The number of aromatic nitrogens is 1. The highest BCUT2D eigenvalue weighted by Gasteiger charge is 2.29. The number of carbonyl (C=O) groups excluding carboxylic acids is 1. The second-order valence-corrected chi connectivity index (χ2v) is 5.93. The maximum absolute atomic E-state index is 12.3. The first-order chi connectivity index (χ1) is 11.1. The number of amides is 1. The van der Waals surface area contributed by atoms with Crippen LogP contribution >= 0.6 is 23.2 Å². The smallest absolute Gasteiger partial charge is 0.257 e. The predicted octanol–water partition coefficient (Wildman–Crippen LogP) is 3.19. The molecular formula is C16H14Cl2N2O3. The SMILES string of the molecule is COc1nccc2c1OCC2NC(=O)Cc1ccc(Cl)cc1Cl. The van der Waals surface area contributed by atoms with Gasteiger partial charge in [-0.25, -0.2) is 4.98 Å². The zero-order chi connectivity index (χ0) is 16.4. The summed E-state index contributed by atoms with van der Waals surface area (Å²) in [6.07, 6.45) is 1.80. The average Bonchev–Trinajstić information content (AvgIpc) is 2.93. The van der Waals surface area contributed by atoms with Crippen molar-refractivity contribution in [2.24, 2.45) is 0 Å². The molecule has 1 N–H and O–H groups in total. The average molecular weight is 353 g/mol. The van der Waals surface area contributed by atoms with Gasteiger partial charge in [0.1, 0.15) is 6.61 Å². The quantitative estimate of drug-likeness (QED) is 0.917. The third-order valence-electron chi connectivity index (χ3n) is 3.57. The minimum atomic E-state index is -0.236. The van der Waals surface area contributed by atoms with Crippen LogP contribution in [0.25, 0.3) is 0 Å². The van der Waals surface area contributed by atoms with Crippen molar-refractivity contribution in [1.82, 2.24) is 10.3 Å². The zero-order valence-electron chi connectivity index (χ0n) is 12.3. The number of benzene rings is 1. The summed E-state index contributed by atoms with van der Waals surface area (Å²) < 4.78 is 10.7. The van der Waals surface area contributed by atoms with E-state index in [1.807, 2.05) is 6.07 Å². The third kappa shape index (κ3) is 3.35. The zero-order valence-corrected chi connectivity index (χ0v) is 13.8. The second kappa shape index (κ2) is 6.64. The number of nitrogens with one attached hydrogen (secondary N) is 1. The van der Waals surface area contributed by atoms with Crippen LogP contribution in [0.1, 0.15) is 17.2 Å². The van der Waals surface area contributed by atoms with Gasteiger partial charge in [-0.1, -0.05) is 29.3 Å². The molecule has 1 aromatic heterocycles. The van der Waals surface area contributed by atoms with Gasteiger partial charge in [-0.15, -0.1) is 0 Å². The molecular weight excluding hydrogens is 339 g/mol. The molecule has 0 saturated heterocycles. The van der Waals surface area contributed by atoms with E-state index in [1.54, 1.807) is 24.4 Å². The number of methoxy groups -OCH3 is 1. The van der Waals surface area contributed by atoms with E-state index in [9.17, 15) is 4.79 Å². The number of pyridine rings is 1. The van der Waals surface area contributed by atoms with Crippen molar-refractivity contribution in [2.75, 3.05) is 13.7 Å². The van der Waals surface area contributed by atoms with Crippen LogP contribution in [0.4, 0.5) is 0 Å². The summed E-state index contributed by atoms with van der Waals surface area (Å²) in [5.41, 5.74) is 1.58. The fourth-order valence-electron chi connectivity index (χ4n) is 2.47. The largest absolute Gasteiger partial charge is 0.485 e. The fourth-order valence-corrected chi connectivity index (χ4v) is 2.94. The Hall–Kier alpha value is -1.98. The van der Waals surface area contributed by atoms with Crippen molar-refractivity contribution in [3.05, 3.63) is 51.6 Å². The molecule has 1 aliphatic rings. The summed E-state index contributed by atoms with van der Waals surface area (Å²) in [7, 11) is 1.53. The van der Waals surface area contributed by atoms with E-state index in [0.29, 0.717) is 28.3 Å². The van der Waals surface area contributed by atoms with Crippen LogP contribution in [0, 0.1) is 0 Å². The van der Waals surface area contributed by atoms with Crippen LogP contribution in [0.3, 0.4) is 0 Å². The van der Waals surface area contributed by atoms with Gasteiger partial charge in [-0.2, -0.15) is 0 Å². The number of hydrogen-bond acceptors (Lipinski definition) is 4. The van der Waals surface area contributed by atoms with Crippen LogP contribution in [-0.2, 0) is 11.2 Å². The molecule has 3 rings (SSSR count). The maximum Gasteiger partial charge on any atom is 0.257 e. The molecule has 5 nitrogen and oxygen atoms in total. The Balaban J connectivity index is 1.71. The van der Waals surface area contributed by atoms with Gasteiger partial charge in [0.15, 0.2) is 5.75 Å². The minimum absolute atomic E-state index is 0.147. The van der Waals surface area contributed by atoms with Crippen molar-refractivity contribution in [2.45, 2.75) is 12.5 Å². The lowest BCUT2D eigenvalue weighted by Crippen LogP contribution is -2.30. The van der Waals surface area contributed by atoms with E-state index >= 15 is 0 Å². The highest BCUT2D eigenvalue weighted by molar-refractivity contribution is 6.35. The van der Waals surface area contributed by atoms with Gasteiger partial charge in [0.25, 0.3) is 5.88 Å². The molecule has 1 aromatic carbocycles. The molecule has 120 valence electrons. The molecule has 0 saturated carbocycles. The van der Waals surface area contributed by atoms with Crippen LogP contribution in [-0.4, -0.2) is 24.6 Å². The summed E-state index contributed by atoms with van der Waals surface area (Å²) in [5, 5.41) is 3.95. The lowest BCUT2D eigenvalue weighted by Gasteiger charge is -2.12. The van der Waals surface area contributed by atoms with E-state index in [0.717, 1.165) is 11.1 Å². The Labute approximate surface area is 143 Å². The highest BCUT2D eigenvalue weighted by atomic mass is 35.5. The van der Waals surface area contributed by atoms with Gasteiger partial charge < -0.3 is 14.8 Å². The molecule has 0 bridgehead atoms. The topological polar surface area (TPSA) is 60.5 Å². The van der Waals surface area contributed by atoms with Crippen molar-refractivity contribution in [3.63, 3.8) is 0 Å². The molecule has 2 aromatic rings. The predicted molar refractivity (Wildman–Crippen MR) is 87.3 cm³/mol. The Morgan fingerprint density at radius 3 is 3.00 bits per heavy atom.